The van der Waals surface area contributed by atoms with Gasteiger partial charge in [-0.25, -0.2) is 4.68 Å². The Morgan fingerprint density at radius 3 is 2.54 bits per heavy atom. The summed E-state index contributed by atoms with van der Waals surface area (Å²) in [6.07, 6.45) is 1.26. The molecule has 1 atom stereocenters. The van der Waals surface area contributed by atoms with Crippen LogP contribution in [-0.2, 0) is 11.3 Å². The Morgan fingerprint density at radius 2 is 1.83 bits per heavy atom. The van der Waals surface area contributed by atoms with Crippen molar-refractivity contribution in [3.05, 3.63) is 94.6 Å². The second-order valence-electron chi connectivity index (χ2n) is 8.31. The maximum absolute atomic E-state index is 12.9. The molecule has 0 saturated heterocycles. The van der Waals surface area contributed by atoms with E-state index in [1.54, 1.807) is 18.7 Å². The number of para-hydroxylation sites is 1. The molecule has 0 aliphatic heterocycles. The minimum Gasteiger partial charge on any atom is -0.495 e. The number of aromatic nitrogens is 2. The van der Waals surface area contributed by atoms with E-state index >= 15 is 0 Å². The van der Waals surface area contributed by atoms with Gasteiger partial charge < -0.3 is 14.8 Å². The van der Waals surface area contributed by atoms with E-state index in [9.17, 15) is 4.79 Å². The summed E-state index contributed by atoms with van der Waals surface area (Å²) in [5.41, 5.74) is 5.46. The van der Waals surface area contributed by atoms with E-state index in [1.807, 2.05) is 86.8 Å². The van der Waals surface area contributed by atoms with Crippen molar-refractivity contribution in [3.63, 3.8) is 0 Å². The zero-order valence-electron chi connectivity index (χ0n) is 20.2. The second-order valence-corrected chi connectivity index (χ2v) is 8.72. The Hall–Kier alpha value is -3.77. The summed E-state index contributed by atoms with van der Waals surface area (Å²) in [5.74, 6) is 1.08. The Kier molecular flexibility index (Phi) is 7.42. The smallest absolute Gasteiger partial charge is 0.261 e. The van der Waals surface area contributed by atoms with E-state index in [1.165, 1.54) is 0 Å². The van der Waals surface area contributed by atoms with Crippen molar-refractivity contribution >= 4 is 17.5 Å². The Balaban J connectivity index is 1.57. The van der Waals surface area contributed by atoms with Gasteiger partial charge in [0.05, 0.1) is 23.5 Å². The fourth-order valence-corrected chi connectivity index (χ4v) is 3.99. The summed E-state index contributed by atoms with van der Waals surface area (Å²) in [6, 6.07) is 21.1. The van der Waals surface area contributed by atoms with Gasteiger partial charge in [-0.2, -0.15) is 5.10 Å². The number of hydrogen-bond donors (Lipinski definition) is 1. The highest BCUT2D eigenvalue weighted by Crippen LogP contribution is 2.31. The van der Waals surface area contributed by atoms with Crippen LogP contribution in [0.2, 0.25) is 5.02 Å². The van der Waals surface area contributed by atoms with Gasteiger partial charge in [-0.3, -0.25) is 4.79 Å². The van der Waals surface area contributed by atoms with Crippen molar-refractivity contribution in [1.29, 1.82) is 0 Å². The van der Waals surface area contributed by atoms with Crippen LogP contribution in [0.15, 0.2) is 72.9 Å². The lowest BCUT2D eigenvalue weighted by Gasteiger charge is -2.17. The molecule has 4 aromatic rings. The summed E-state index contributed by atoms with van der Waals surface area (Å²) in [4.78, 5) is 12.9. The highest BCUT2D eigenvalue weighted by molar-refractivity contribution is 6.32. The summed E-state index contributed by atoms with van der Waals surface area (Å²) in [5, 5.41) is 8.27. The highest BCUT2D eigenvalue weighted by atomic mass is 35.5. The number of halogens is 1. The van der Waals surface area contributed by atoms with Gasteiger partial charge in [0, 0.05) is 23.9 Å². The van der Waals surface area contributed by atoms with Crippen molar-refractivity contribution in [2.45, 2.75) is 33.4 Å². The predicted molar refractivity (Wildman–Crippen MR) is 138 cm³/mol. The fraction of sp³-hybridized carbons (Fsp3) is 0.214. The van der Waals surface area contributed by atoms with Gasteiger partial charge >= 0.3 is 0 Å². The van der Waals surface area contributed by atoms with Crippen molar-refractivity contribution in [3.8, 4) is 28.4 Å². The van der Waals surface area contributed by atoms with Crippen LogP contribution in [0.25, 0.3) is 16.9 Å². The van der Waals surface area contributed by atoms with E-state index in [0.717, 1.165) is 33.6 Å². The molecule has 1 heterocycles. The van der Waals surface area contributed by atoms with Crippen LogP contribution >= 0.6 is 11.6 Å². The van der Waals surface area contributed by atoms with E-state index in [2.05, 4.69) is 5.32 Å². The molecule has 0 aliphatic rings. The van der Waals surface area contributed by atoms with Gasteiger partial charge in [-0.05, 0) is 68.3 Å². The molecule has 180 valence electrons. The zero-order valence-corrected chi connectivity index (χ0v) is 21.0. The Morgan fingerprint density at radius 1 is 1.06 bits per heavy atom. The quantitative estimate of drug-likeness (QED) is 0.334. The number of carbonyl (C=O) groups excluding carboxylic acids is 1. The molecule has 0 radical (unpaired) electrons. The third-order valence-electron chi connectivity index (χ3n) is 5.92. The van der Waals surface area contributed by atoms with E-state index < -0.39 is 6.10 Å². The molecule has 4 rings (SSSR count). The number of carbonyl (C=O) groups is 1. The number of amides is 1. The molecule has 1 N–H and O–H groups in total. The van der Waals surface area contributed by atoms with Crippen LogP contribution in [0.4, 0.5) is 0 Å². The van der Waals surface area contributed by atoms with Crippen molar-refractivity contribution in [2.24, 2.45) is 0 Å². The van der Waals surface area contributed by atoms with E-state index in [-0.39, 0.29) is 12.5 Å². The summed E-state index contributed by atoms with van der Waals surface area (Å²) in [7, 11) is 1.58. The molecule has 1 aromatic heterocycles. The number of rotatable bonds is 8. The number of nitrogens with zero attached hydrogens (tertiary/aromatic N) is 2. The lowest BCUT2D eigenvalue weighted by atomic mass is 10.1. The first-order chi connectivity index (χ1) is 16.9. The molecule has 1 unspecified atom stereocenters. The van der Waals surface area contributed by atoms with Crippen molar-refractivity contribution in [1.82, 2.24) is 15.1 Å². The zero-order chi connectivity index (χ0) is 24.9. The molecule has 3 aromatic carbocycles. The van der Waals surface area contributed by atoms with Crippen molar-refractivity contribution < 1.29 is 14.3 Å². The molecular weight excluding hydrogens is 462 g/mol. The molecule has 0 fully saturated rings. The Labute approximate surface area is 210 Å². The van der Waals surface area contributed by atoms with Gasteiger partial charge in [0.15, 0.2) is 6.10 Å². The van der Waals surface area contributed by atoms with Gasteiger partial charge in [0.2, 0.25) is 0 Å². The molecule has 1 amide bonds. The first kappa shape index (κ1) is 24.4. The average molecular weight is 490 g/mol. The van der Waals surface area contributed by atoms with Crippen LogP contribution in [0.1, 0.15) is 23.6 Å². The fourth-order valence-electron chi connectivity index (χ4n) is 3.73. The largest absolute Gasteiger partial charge is 0.495 e. The molecule has 0 saturated carbocycles. The number of nitrogens with one attached hydrogen (secondary N) is 1. The second kappa shape index (κ2) is 10.7. The number of ether oxygens (including phenoxy) is 2. The van der Waals surface area contributed by atoms with Crippen LogP contribution in [-0.4, -0.2) is 28.9 Å². The van der Waals surface area contributed by atoms with Gasteiger partial charge in [0.25, 0.3) is 5.91 Å². The number of hydrogen-bond acceptors (Lipinski definition) is 4. The lowest BCUT2D eigenvalue weighted by molar-refractivity contribution is -0.127. The number of aryl methyl sites for hydroxylation is 1. The average Bonchev–Trinajstić information content (AvgIpc) is 3.30. The molecule has 0 bridgehead atoms. The summed E-state index contributed by atoms with van der Waals surface area (Å²) >= 11 is 6.38. The van der Waals surface area contributed by atoms with Crippen LogP contribution in [0.5, 0.6) is 11.5 Å². The molecule has 0 spiro atoms. The SMILES string of the molecule is COc1ccc(-c2nn(-c3ccccc3)cc2CNC(=O)C(C)Oc2cccc(C)c2C)cc1Cl. The highest BCUT2D eigenvalue weighted by Gasteiger charge is 2.19. The lowest BCUT2D eigenvalue weighted by Crippen LogP contribution is -2.36. The molecule has 6 nitrogen and oxygen atoms in total. The van der Waals surface area contributed by atoms with Crippen LogP contribution in [0, 0.1) is 13.8 Å². The molecule has 35 heavy (non-hydrogen) atoms. The van der Waals surface area contributed by atoms with Gasteiger partial charge in [0.1, 0.15) is 11.5 Å². The standard InChI is InChI=1S/C28H28ClN3O3/c1-18-9-8-12-25(19(18)2)35-20(3)28(33)30-16-22-17-32(23-10-6-5-7-11-23)31-27(22)21-13-14-26(34-4)24(29)15-21/h5-15,17,20H,16H2,1-4H3,(H,30,33). The monoisotopic (exact) mass is 489 g/mol. The Bertz CT molecular complexity index is 1330. The van der Waals surface area contributed by atoms with Gasteiger partial charge in [-0.15, -0.1) is 0 Å². The topological polar surface area (TPSA) is 65.4 Å². The minimum absolute atomic E-state index is 0.211. The van der Waals surface area contributed by atoms with E-state index in [0.29, 0.717) is 16.5 Å². The maximum Gasteiger partial charge on any atom is 0.261 e. The summed E-state index contributed by atoms with van der Waals surface area (Å²) < 4.78 is 13.0. The van der Waals surface area contributed by atoms with Crippen molar-refractivity contribution in [2.75, 3.05) is 7.11 Å². The molecule has 0 aliphatic carbocycles. The first-order valence-corrected chi connectivity index (χ1v) is 11.7. The first-order valence-electron chi connectivity index (χ1n) is 11.4. The normalized spacial score (nSPS) is 11.7. The molecular formula is C28H28ClN3O3. The molecule has 7 heteroatoms. The maximum atomic E-state index is 12.9. The van der Waals surface area contributed by atoms with Crippen LogP contribution in [0.3, 0.4) is 0 Å². The van der Waals surface area contributed by atoms with Gasteiger partial charge in [-0.1, -0.05) is 41.9 Å². The third-order valence-corrected chi connectivity index (χ3v) is 6.21. The van der Waals surface area contributed by atoms with E-state index in [4.69, 9.17) is 26.2 Å². The summed E-state index contributed by atoms with van der Waals surface area (Å²) in [6.45, 7) is 6.03. The number of benzene rings is 3. The van der Waals surface area contributed by atoms with Crippen LogP contribution < -0.4 is 14.8 Å². The third kappa shape index (κ3) is 5.49. The minimum atomic E-state index is -0.654. The number of methoxy groups -OCH3 is 1. The predicted octanol–water partition coefficient (Wildman–Crippen LogP) is 5.90.